The van der Waals surface area contributed by atoms with Crippen LogP contribution in [0.4, 0.5) is 5.69 Å². The van der Waals surface area contributed by atoms with Crippen LogP contribution in [-0.4, -0.2) is 26.8 Å². The van der Waals surface area contributed by atoms with E-state index in [1.54, 1.807) is 6.07 Å². The molecule has 9 heteroatoms. The summed E-state index contributed by atoms with van der Waals surface area (Å²) >= 11 is 5.77. The summed E-state index contributed by atoms with van der Waals surface area (Å²) in [5.41, 5.74) is 5.93. The molecule has 0 bridgehead atoms. The molecule has 0 aliphatic carbocycles. The lowest BCUT2D eigenvalue weighted by Gasteiger charge is -2.08. The van der Waals surface area contributed by atoms with Gasteiger partial charge in [-0.1, -0.05) is 17.7 Å². The van der Waals surface area contributed by atoms with Crippen molar-refractivity contribution >= 4 is 39.1 Å². The maximum atomic E-state index is 12.1. The number of carbonyl (C=O) groups is 2. The number of halogens is 1. The summed E-state index contributed by atoms with van der Waals surface area (Å²) in [5, 5.41) is 2.90. The molecular formula is C16H16ClN3O4S. The fourth-order valence-electron chi connectivity index (χ4n) is 1.96. The molecule has 0 atom stereocenters. The number of amides is 2. The molecule has 25 heavy (non-hydrogen) atoms. The molecule has 0 fully saturated rings. The lowest BCUT2D eigenvalue weighted by atomic mass is 10.2. The lowest BCUT2D eigenvalue weighted by Crippen LogP contribution is -2.27. The van der Waals surface area contributed by atoms with Crippen molar-refractivity contribution in [3.63, 3.8) is 0 Å². The molecule has 2 amide bonds. The number of rotatable bonds is 7. The Kier molecular flexibility index (Phi) is 6.13. The van der Waals surface area contributed by atoms with E-state index in [4.69, 9.17) is 17.3 Å². The second kappa shape index (κ2) is 8.11. The molecule has 0 saturated heterocycles. The van der Waals surface area contributed by atoms with Crippen LogP contribution in [0.25, 0.3) is 0 Å². The Bertz CT molecular complexity index is 883. The molecule has 0 radical (unpaired) electrons. The van der Waals surface area contributed by atoms with Crippen LogP contribution in [0.15, 0.2) is 53.4 Å². The molecular weight excluding hydrogens is 366 g/mol. The van der Waals surface area contributed by atoms with Crippen LogP contribution >= 0.6 is 11.6 Å². The molecule has 132 valence electrons. The first-order chi connectivity index (χ1) is 11.8. The van der Waals surface area contributed by atoms with Crippen LogP contribution in [0.2, 0.25) is 5.02 Å². The van der Waals surface area contributed by atoms with E-state index in [-0.39, 0.29) is 23.8 Å². The average molecular weight is 382 g/mol. The van der Waals surface area contributed by atoms with E-state index in [0.717, 1.165) is 0 Å². The summed E-state index contributed by atoms with van der Waals surface area (Å²) in [4.78, 5) is 22.8. The third-order valence-corrected chi connectivity index (χ3v) is 4.90. The highest BCUT2D eigenvalue weighted by Gasteiger charge is 2.14. The van der Waals surface area contributed by atoms with E-state index in [9.17, 15) is 18.0 Å². The highest BCUT2D eigenvalue weighted by Crippen LogP contribution is 2.15. The topological polar surface area (TPSA) is 118 Å². The van der Waals surface area contributed by atoms with Gasteiger partial charge in [-0.3, -0.25) is 9.59 Å². The van der Waals surface area contributed by atoms with Gasteiger partial charge in [-0.25, -0.2) is 13.1 Å². The molecule has 0 unspecified atom stereocenters. The average Bonchev–Trinajstić information content (AvgIpc) is 2.55. The van der Waals surface area contributed by atoms with Gasteiger partial charge >= 0.3 is 0 Å². The summed E-state index contributed by atoms with van der Waals surface area (Å²) in [6.07, 6.45) is -0.0582. The maximum absolute atomic E-state index is 12.1. The van der Waals surface area contributed by atoms with E-state index in [1.807, 2.05) is 0 Å². The zero-order valence-corrected chi connectivity index (χ0v) is 14.6. The Morgan fingerprint density at radius 1 is 1.08 bits per heavy atom. The Labute approximate surface area is 150 Å². The van der Waals surface area contributed by atoms with Gasteiger partial charge in [0.05, 0.1) is 4.90 Å². The second-order valence-corrected chi connectivity index (χ2v) is 7.30. The van der Waals surface area contributed by atoms with Crippen LogP contribution in [0.1, 0.15) is 16.8 Å². The first-order valence-corrected chi connectivity index (χ1v) is 9.09. The van der Waals surface area contributed by atoms with Crippen molar-refractivity contribution in [2.24, 2.45) is 5.73 Å². The van der Waals surface area contributed by atoms with Crippen molar-refractivity contribution in [3.05, 3.63) is 59.1 Å². The highest BCUT2D eigenvalue weighted by molar-refractivity contribution is 7.89. The number of anilines is 1. The SMILES string of the molecule is NC(=O)c1ccc(NC(=O)CCNS(=O)(=O)c2cccc(Cl)c2)cc1. The molecule has 0 heterocycles. The minimum absolute atomic E-state index is 0.0300. The number of nitrogens with one attached hydrogen (secondary N) is 2. The summed E-state index contributed by atoms with van der Waals surface area (Å²) in [7, 11) is -3.73. The summed E-state index contributed by atoms with van der Waals surface area (Å²) in [6.45, 7) is -0.0694. The standard InChI is InChI=1S/C16H16ClN3O4S/c17-12-2-1-3-14(10-12)25(23,24)19-9-8-15(21)20-13-6-4-11(5-7-13)16(18)22/h1-7,10,19H,8-9H2,(H2,18,22)(H,20,21). The van der Waals surface area contributed by atoms with E-state index in [2.05, 4.69) is 10.0 Å². The van der Waals surface area contributed by atoms with Crippen molar-refractivity contribution in [1.82, 2.24) is 4.72 Å². The van der Waals surface area contributed by atoms with Crippen LogP contribution in [0, 0.1) is 0 Å². The molecule has 0 aliphatic heterocycles. The number of primary amides is 1. The number of hydrogen-bond donors (Lipinski definition) is 3. The van der Waals surface area contributed by atoms with Gasteiger partial charge in [0.1, 0.15) is 0 Å². The van der Waals surface area contributed by atoms with Crippen molar-refractivity contribution in [3.8, 4) is 0 Å². The zero-order valence-electron chi connectivity index (χ0n) is 13.0. The van der Waals surface area contributed by atoms with Crippen molar-refractivity contribution in [2.75, 3.05) is 11.9 Å². The monoisotopic (exact) mass is 381 g/mol. The van der Waals surface area contributed by atoms with Gasteiger partial charge in [0, 0.05) is 29.2 Å². The van der Waals surface area contributed by atoms with Gasteiger partial charge in [-0.15, -0.1) is 0 Å². The van der Waals surface area contributed by atoms with E-state index >= 15 is 0 Å². The van der Waals surface area contributed by atoms with Crippen LogP contribution < -0.4 is 15.8 Å². The van der Waals surface area contributed by atoms with Gasteiger partial charge in [0.2, 0.25) is 21.8 Å². The number of sulfonamides is 1. The first kappa shape index (κ1) is 18.9. The smallest absolute Gasteiger partial charge is 0.248 e. The van der Waals surface area contributed by atoms with Crippen molar-refractivity contribution < 1.29 is 18.0 Å². The van der Waals surface area contributed by atoms with Gasteiger partial charge in [0.15, 0.2) is 0 Å². The minimum Gasteiger partial charge on any atom is -0.366 e. The molecule has 4 N–H and O–H groups in total. The Morgan fingerprint density at radius 3 is 2.36 bits per heavy atom. The quantitative estimate of drug-likeness (QED) is 0.676. The van der Waals surface area contributed by atoms with Gasteiger partial charge in [-0.2, -0.15) is 0 Å². The minimum atomic E-state index is -3.73. The number of hydrogen-bond acceptors (Lipinski definition) is 4. The lowest BCUT2D eigenvalue weighted by molar-refractivity contribution is -0.116. The molecule has 0 saturated carbocycles. The first-order valence-electron chi connectivity index (χ1n) is 7.23. The van der Waals surface area contributed by atoms with Crippen molar-refractivity contribution in [1.29, 1.82) is 0 Å². The third-order valence-electron chi connectivity index (χ3n) is 3.20. The fourth-order valence-corrected chi connectivity index (χ4v) is 3.29. The van der Waals surface area contributed by atoms with Crippen molar-refractivity contribution in [2.45, 2.75) is 11.3 Å². The van der Waals surface area contributed by atoms with Gasteiger partial charge < -0.3 is 11.1 Å². The Hall–Kier alpha value is -2.42. The van der Waals surface area contributed by atoms with E-state index in [1.165, 1.54) is 42.5 Å². The highest BCUT2D eigenvalue weighted by atomic mass is 35.5. The Balaban J connectivity index is 1.86. The third kappa shape index (κ3) is 5.56. The van der Waals surface area contributed by atoms with E-state index < -0.39 is 15.9 Å². The van der Waals surface area contributed by atoms with Crippen LogP contribution in [0.5, 0.6) is 0 Å². The number of nitrogens with two attached hydrogens (primary N) is 1. The molecule has 7 nitrogen and oxygen atoms in total. The number of carbonyl (C=O) groups excluding carboxylic acids is 2. The molecule has 0 aliphatic rings. The van der Waals surface area contributed by atoms with Crippen LogP contribution in [-0.2, 0) is 14.8 Å². The van der Waals surface area contributed by atoms with Gasteiger partial charge in [-0.05, 0) is 42.5 Å². The summed E-state index contributed by atoms with van der Waals surface area (Å²) in [6, 6.07) is 11.9. The molecule has 2 aromatic carbocycles. The zero-order chi connectivity index (χ0) is 18.4. The summed E-state index contributed by atoms with van der Waals surface area (Å²) in [5.74, 6) is -0.936. The normalized spacial score (nSPS) is 11.1. The summed E-state index contributed by atoms with van der Waals surface area (Å²) < 4.78 is 26.5. The number of benzene rings is 2. The maximum Gasteiger partial charge on any atom is 0.248 e. The predicted octanol–water partition coefficient (Wildman–Crippen LogP) is 1.75. The fraction of sp³-hybridized carbons (Fsp3) is 0.125. The largest absolute Gasteiger partial charge is 0.366 e. The second-order valence-electron chi connectivity index (χ2n) is 5.09. The molecule has 0 spiro atoms. The van der Waals surface area contributed by atoms with E-state index in [0.29, 0.717) is 16.3 Å². The molecule has 2 aromatic rings. The Morgan fingerprint density at radius 2 is 1.76 bits per heavy atom. The molecule has 0 aromatic heterocycles. The van der Waals surface area contributed by atoms with Crippen LogP contribution in [0.3, 0.4) is 0 Å². The van der Waals surface area contributed by atoms with Gasteiger partial charge in [0.25, 0.3) is 0 Å². The predicted molar refractivity (Wildman–Crippen MR) is 94.8 cm³/mol. The molecule has 2 rings (SSSR count).